The minimum Gasteiger partial charge on any atom is -0.455 e. The molecule has 3 N–H and O–H groups in total. The van der Waals surface area contributed by atoms with Crippen molar-refractivity contribution < 1.29 is 27.6 Å². The van der Waals surface area contributed by atoms with E-state index >= 15 is 0 Å². The number of sulfonamides is 1. The van der Waals surface area contributed by atoms with E-state index in [1.165, 1.54) is 41.1 Å². The van der Waals surface area contributed by atoms with Gasteiger partial charge in [0.2, 0.25) is 0 Å². The van der Waals surface area contributed by atoms with Gasteiger partial charge in [-0.1, -0.05) is 36.4 Å². The number of ether oxygens (including phenoxy) is 2. The second-order valence-electron chi connectivity index (χ2n) is 16.1. The third kappa shape index (κ3) is 8.54. The number of benzene rings is 4. The monoisotopic (exact) mass is 841 g/mol. The van der Waals surface area contributed by atoms with Crippen molar-refractivity contribution in [3.8, 4) is 22.6 Å². The summed E-state index contributed by atoms with van der Waals surface area (Å²) in [7, 11) is -2.38. The van der Waals surface area contributed by atoms with E-state index in [1.54, 1.807) is 24.4 Å². The molecule has 2 saturated heterocycles. The van der Waals surface area contributed by atoms with Crippen LogP contribution in [0.15, 0.2) is 108 Å². The Morgan fingerprint density at radius 2 is 1.80 bits per heavy atom. The number of H-pyrrole nitrogens is 1. The summed E-state index contributed by atoms with van der Waals surface area (Å²) < 4.78 is 41.2. The molecule has 0 bridgehead atoms. The Morgan fingerprint density at radius 3 is 2.62 bits per heavy atom. The number of fused-ring (bicyclic) bond motifs is 2. The lowest BCUT2D eigenvalue weighted by Crippen LogP contribution is -2.31. The maximum Gasteiger partial charge on any atom is 0.293 e. The van der Waals surface area contributed by atoms with Gasteiger partial charge >= 0.3 is 0 Å². The summed E-state index contributed by atoms with van der Waals surface area (Å²) in [6.07, 6.45) is 8.17. The van der Waals surface area contributed by atoms with E-state index in [4.69, 9.17) is 9.47 Å². The van der Waals surface area contributed by atoms with Crippen LogP contribution in [0, 0.1) is 16.0 Å². The summed E-state index contributed by atoms with van der Waals surface area (Å²) in [5, 5.41) is 16.0. The Bertz CT molecular complexity index is 2720. The number of rotatable bonds is 12. The highest BCUT2D eigenvalue weighted by atomic mass is 32.2. The van der Waals surface area contributed by atoms with Gasteiger partial charge in [0, 0.05) is 62.7 Å². The predicted octanol–water partition coefficient (Wildman–Crippen LogP) is 8.22. The first-order valence-corrected chi connectivity index (χ1v) is 22.2. The topological polar surface area (TPSA) is 172 Å². The van der Waals surface area contributed by atoms with E-state index in [1.807, 2.05) is 18.2 Å². The zero-order valence-corrected chi connectivity index (χ0v) is 34.6. The largest absolute Gasteiger partial charge is 0.455 e. The molecule has 314 valence electrons. The number of nitrogens with zero attached hydrogens (tertiary/aromatic N) is 4. The zero-order valence-electron chi connectivity index (χ0n) is 33.8. The second kappa shape index (κ2) is 17.0. The lowest BCUT2D eigenvalue weighted by molar-refractivity contribution is -0.384. The SMILES string of the molecule is CN1CCc2cccc(C3CCCN3c3ccc(-c4ccc(C(=O)NS(=O)(=O)c5ccc(NCC6CCOCC6)c([N+](=O)[O-])c5)c(Oc5cnc6[nH]ccc6c5)c4)cc3)c2C1. The Kier molecular flexibility index (Phi) is 11.2. The minimum atomic E-state index is -4.56. The Labute approximate surface area is 354 Å². The van der Waals surface area contributed by atoms with Gasteiger partial charge in [-0.05, 0) is 121 Å². The van der Waals surface area contributed by atoms with E-state index in [0.717, 1.165) is 80.0 Å². The average Bonchev–Trinajstić information content (AvgIpc) is 3.96. The summed E-state index contributed by atoms with van der Waals surface area (Å²) in [6.45, 7) is 4.72. The fraction of sp³-hybridized carbons (Fsp3) is 0.304. The number of nitro groups is 1. The molecule has 0 spiro atoms. The number of nitrogens with one attached hydrogen (secondary N) is 3. The molecule has 1 amide bonds. The van der Waals surface area contributed by atoms with Crippen LogP contribution in [0.2, 0.25) is 0 Å². The Hall–Kier alpha value is -6.29. The van der Waals surface area contributed by atoms with Crippen LogP contribution in [0.25, 0.3) is 22.2 Å². The average molecular weight is 842 g/mol. The molecular formula is C46H47N7O7S. The van der Waals surface area contributed by atoms with Crippen molar-refractivity contribution in [2.75, 3.05) is 50.1 Å². The molecule has 14 nitrogen and oxygen atoms in total. The summed E-state index contributed by atoms with van der Waals surface area (Å²) in [5.74, 6) is -0.255. The number of hydrogen-bond donors (Lipinski definition) is 3. The standard InChI is InChI=1S/C46H47N7O7S/c1-51-21-16-32-4-2-5-38(40(32)29-51)42-6-3-20-52(42)35-10-7-31(8-11-35)33-9-13-39(44(25-33)60-36-24-34-15-19-47-45(34)49-28-36)46(54)50-61(57,58)37-12-14-41(43(26-37)53(55)56)48-27-30-17-22-59-23-18-30/h2,4-5,7-15,19,24-26,28,30,42,48H,3,6,16-18,20-23,27,29H2,1H3,(H,47,49)(H,50,54). The molecule has 0 saturated carbocycles. The van der Waals surface area contributed by atoms with E-state index < -0.39 is 31.4 Å². The van der Waals surface area contributed by atoms with Gasteiger partial charge in [-0.15, -0.1) is 0 Å². The number of likely N-dealkylation sites (N-methyl/N-ethyl adjacent to an activating group) is 1. The number of nitro benzene ring substituents is 1. The van der Waals surface area contributed by atoms with Gasteiger partial charge in [0.25, 0.3) is 21.6 Å². The van der Waals surface area contributed by atoms with Gasteiger partial charge in [0.05, 0.1) is 27.6 Å². The summed E-state index contributed by atoms with van der Waals surface area (Å²) in [4.78, 5) is 37.3. The number of carbonyl (C=O) groups is 1. The first kappa shape index (κ1) is 40.1. The number of carbonyl (C=O) groups excluding carboxylic acids is 1. The zero-order chi connectivity index (χ0) is 42.1. The van der Waals surface area contributed by atoms with Gasteiger partial charge < -0.3 is 29.6 Å². The maximum atomic E-state index is 13.9. The molecule has 6 aromatic rings. The van der Waals surface area contributed by atoms with Crippen LogP contribution in [-0.4, -0.2) is 74.0 Å². The van der Waals surface area contributed by atoms with Crippen molar-refractivity contribution in [1.82, 2.24) is 19.6 Å². The molecule has 3 aliphatic rings. The van der Waals surface area contributed by atoms with Crippen molar-refractivity contribution in [2.24, 2.45) is 5.92 Å². The number of hydrogen-bond acceptors (Lipinski definition) is 11. The molecule has 2 fully saturated rings. The van der Waals surface area contributed by atoms with Crippen LogP contribution in [0.3, 0.4) is 0 Å². The van der Waals surface area contributed by atoms with Crippen molar-refractivity contribution in [1.29, 1.82) is 0 Å². The van der Waals surface area contributed by atoms with Crippen LogP contribution in [0.4, 0.5) is 17.1 Å². The lowest BCUT2D eigenvalue weighted by atomic mass is 9.90. The second-order valence-corrected chi connectivity index (χ2v) is 17.8. The Balaban J connectivity index is 0.980. The first-order valence-electron chi connectivity index (χ1n) is 20.7. The molecule has 0 aliphatic carbocycles. The third-order valence-electron chi connectivity index (χ3n) is 12.1. The molecule has 5 heterocycles. The summed E-state index contributed by atoms with van der Waals surface area (Å²) >= 11 is 0. The van der Waals surface area contributed by atoms with Crippen LogP contribution in [-0.2, 0) is 27.7 Å². The van der Waals surface area contributed by atoms with Crippen LogP contribution in [0.1, 0.15) is 58.8 Å². The molecule has 0 radical (unpaired) electrons. The summed E-state index contributed by atoms with van der Waals surface area (Å²) in [6, 6.07) is 27.5. The molecule has 9 rings (SSSR count). The van der Waals surface area contributed by atoms with Crippen molar-refractivity contribution in [3.05, 3.63) is 136 Å². The Morgan fingerprint density at radius 1 is 0.984 bits per heavy atom. The molecule has 4 aromatic carbocycles. The smallest absolute Gasteiger partial charge is 0.293 e. The van der Waals surface area contributed by atoms with Crippen LogP contribution < -0.4 is 19.7 Å². The van der Waals surface area contributed by atoms with E-state index in [-0.39, 0.29) is 29.0 Å². The van der Waals surface area contributed by atoms with E-state index in [2.05, 4.69) is 67.2 Å². The van der Waals surface area contributed by atoms with Gasteiger partial charge in [0.15, 0.2) is 0 Å². The lowest BCUT2D eigenvalue weighted by Gasteiger charge is -2.33. The van der Waals surface area contributed by atoms with Gasteiger partial charge in [-0.2, -0.15) is 0 Å². The first-order chi connectivity index (χ1) is 29.6. The fourth-order valence-corrected chi connectivity index (χ4v) is 9.78. The van der Waals surface area contributed by atoms with Gasteiger partial charge in [-0.25, -0.2) is 18.1 Å². The molecule has 3 aliphatic heterocycles. The highest BCUT2D eigenvalue weighted by Gasteiger charge is 2.31. The van der Waals surface area contributed by atoms with E-state index in [9.17, 15) is 23.3 Å². The molecule has 61 heavy (non-hydrogen) atoms. The number of pyridine rings is 1. The van der Waals surface area contributed by atoms with Crippen LogP contribution >= 0.6 is 0 Å². The highest BCUT2D eigenvalue weighted by molar-refractivity contribution is 7.90. The molecule has 1 unspecified atom stereocenters. The highest BCUT2D eigenvalue weighted by Crippen LogP contribution is 2.41. The van der Waals surface area contributed by atoms with Gasteiger partial charge in [-0.3, -0.25) is 14.9 Å². The minimum absolute atomic E-state index is 0.0564. The van der Waals surface area contributed by atoms with Crippen molar-refractivity contribution >= 4 is 44.0 Å². The quantitative estimate of drug-likeness (QED) is 0.0801. The predicted molar refractivity (Wildman–Crippen MR) is 234 cm³/mol. The molecular weight excluding hydrogens is 795 g/mol. The van der Waals surface area contributed by atoms with E-state index in [0.29, 0.717) is 31.2 Å². The van der Waals surface area contributed by atoms with Gasteiger partial charge in [0.1, 0.15) is 22.8 Å². The van der Waals surface area contributed by atoms with Crippen LogP contribution in [0.5, 0.6) is 11.5 Å². The van der Waals surface area contributed by atoms with Crippen molar-refractivity contribution in [2.45, 2.75) is 49.6 Å². The number of aromatic amines is 1. The molecule has 2 aromatic heterocycles. The van der Waals surface area contributed by atoms with Crippen molar-refractivity contribution in [3.63, 3.8) is 0 Å². The summed E-state index contributed by atoms with van der Waals surface area (Å²) in [5.41, 5.74) is 7.43. The number of anilines is 2. The number of aromatic nitrogens is 2. The third-order valence-corrected chi connectivity index (χ3v) is 13.4. The fourth-order valence-electron chi connectivity index (χ4n) is 8.79. The normalized spacial score (nSPS) is 17.3. The maximum absolute atomic E-state index is 13.9. The number of amides is 1. The molecule has 15 heteroatoms. The molecule has 1 atom stereocenters.